The number of H-pyrrole nitrogens is 1. The Morgan fingerprint density at radius 3 is 2.84 bits per heavy atom. The molecule has 3 fully saturated rings. The first-order valence-electron chi connectivity index (χ1n) is 10.4. The van der Waals surface area contributed by atoms with Gasteiger partial charge in [-0.2, -0.15) is 10.5 Å². The number of piperazine rings is 1. The summed E-state index contributed by atoms with van der Waals surface area (Å²) < 4.78 is 0. The van der Waals surface area contributed by atoms with Crippen molar-refractivity contribution < 1.29 is 9.59 Å². The molecule has 1 aromatic heterocycles. The molecule has 3 N–H and O–H groups in total. The number of likely N-dealkylation sites (tertiary alicyclic amines) is 2. The van der Waals surface area contributed by atoms with E-state index in [1.165, 1.54) is 0 Å². The minimum Gasteiger partial charge on any atom is -0.325 e. The zero-order valence-corrected chi connectivity index (χ0v) is 16.9. The van der Waals surface area contributed by atoms with Gasteiger partial charge >= 0.3 is 0 Å². The number of carbonyl (C=O) groups is 2. The lowest BCUT2D eigenvalue weighted by atomic mass is 10.1. The fraction of sp³-hybridized carbons (Fsp3) is 0.500. The lowest BCUT2D eigenvalue weighted by Crippen LogP contribution is -2.56. The lowest BCUT2D eigenvalue weighted by Gasteiger charge is -2.35. The molecule has 3 unspecified atom stereocenters. The Hall–Kier alpha value is -3.36. The Bertz CT molecular complexity index is 1020. The van der Waals surface area contributed by atoms with Crippen LogP contribution in [-0.4, -0.2) is 86.0 Å². The molecule has 31 heavy (non-hydrogen) atoms. The number of amides is 2. The van der Waals surface area contributed by atoms with E-state index in [2.05, 4.69) is 26.7 Å². The highest BCUT2D eigenvalue weighted by Gasteiger charge is 2.50. The summed E-state index contributed by atoms with van der Waals surface area (Å²) in [4.78, 5) is 31.2. The predicted molar refractivity (Wildman–Crippen MR) is 109 cm³/mol. The summed E-state index contributed by atoms with van der Waals surface area (Å²) in [7, 11) is 0. The van der Waals surface area contributed by atoms with Crippen LogP contribution in [0, 0.1) is 11.3 Å². The van der Waals surface area contributed by atoms with E-state index in [0.29, 0.717) is 31.9 Å². The van der Waals surface area contributed by atoms with Gasteiger partial charge in [-0.15, -0.1) is 10.2 Å². The van der Waals surface area contributed by atoms with Gasteiger partial charge in [0.15, 0.2) is 0 Å². The molecule has 3 saturated heterocycles. The number of nitrogens with one attached hydrogen (secondary N) is 1. The van der Waals surface area contributed by atoms with Gasteiger partial charge in [0, 0.05) is 30.9 Å². The van der Waals surface area contributed by atoms with Crippen LogP contribution >= 0.6 is 0 Å². The van der Waals surface area contributed by atoms with Crippen LogP contribution in [0.4, 0.5) is 5.69 Å². The summed E-state index contributed by atoms with van der Waals surface area (Å²) in [6.45, 7) is 1.57. The van der Waals surface area contributed by atoms with Gasteiger partial charge < -0.3 is 15.5 Å². The first-order chi connectivity index (χ1) is 15.1. The van der Waals surface area contributed by atoms with E-state index in [1.807, 2.05) is 34.1 Å². The number of hydrogen-bond donors (Lipinski definition) is 2. The number of rotatable bonds is 5. The van der Waals surface area contributed by atoms with E-state index in [0.717, 1.165) is 24.1 Å². The summed E-state index contributed by atoms with van der Waals surface area (Å²) in [6, 6.07) is 8.35. The number of carbonyl (C=O) groups excluding carboxylic acids is 2. The molecule has 4 heterocycles. The fourth-order valence-corrected chi connectivity index (χ4v) is 4.97. The highest BCUT2D eigenvalue weighted by molar-refractivity contribution is 6.01. The van der Waals surface area contributed by atoms with Crippen molar-refractivity contribution in [1.29, 1.82) is 5.26 Å². The zero-order chi connectivity index (χ0) is 21.5. The number of tetrazole rings is 1. The third-order valence-corrected chi connectivity index (χ3v) is 6.45. The Morgan fingerprint density at radius 2 is 2.16 bits per heavy atom. The molecule has 2 bridgehead atoms. The van der Waals surface area contributed by atoms with Gasteiger partial charge in [-0.25, -0.2) is 0 Å². The average Bonchev–Trinajstić information content (AvgIpc) is 3.57. The monoisotopic (exact) mass is 421 g/mol. The van der Waals surface area contributed by atoms with Crippen LogP contribution in [0.2, 0.25) is 0 Å². The number of fused-ring (bicyclic) bond motifs is 2. The van der Waals surface area contributed by atoms with Crippen molar-refractivity contribution in [1.82, 2.24) is 30.4 Å². The van der Waals surface area contributed by atoms with Crippen molar-refractivity contribution in [2.75, 3.05) is 24.5 Å². The molecule has 4 atom stereocenters. The van der Waals surface area contributed by atoms with Gasteiger partial charge in [-0.3, -0.25) is 14.5 Å². The number of aromatic amines is 1. The second kappa shape index (κ2) is 7.72. The van der Waals surface area contributed by atoms with E-state index >= 15 is 0 Å². The van der Waals surface area contributed by atoms with Crippen LogP contribution in [0.1, 0.15) is 19.3 Å². The third kappa shape index (κ3) is 3.34. The first kappa shape index (κ1) is 19.6. The number of nitriles is 1. The van der Waals surface area contributed by atoms with E-state index in [9.17, 15) is 14.9 Å². The first-order valence-corrected chi connectivity index (χ1v) is 10.4. The number of anilines is 1. The standard InChI is InChI=1S/C20H23N9O2/c21-9-14-2-1-7-28(14)19(30)16(22)11-27-10-15-8-17(27)20(31)29(15)13-5-3-12(4-6-13)18-23-25-26-24-18/h3-6,14-17H,1-2,7-8,10-11,22H2,(H,23,24,25,26)/t14?,15-,16?,17?/m0/s1. The Kier molecular flexibility index (Phi) is 4.88. The predicted octanol–water partition coefficient (Wildman–Crippen LogP) is -0.502. The van der Waals surface area contributed by atoms with Gasteiger partial charge in [0.2, 0.25) is 17.6 Å². The van der Waals surface area contributed by atoms with Crippen LogP contribution in [0.15, 0.2) is 24.3 Å². The maximum Gasteiger partial charge on any atom is 0.244 e. The van der Waals surface area contributed by atoms with Gasteiger partial charge in [-0.1, -0.05) is 0 Å². The third-order valence-electron chi connectivity index (χ3n) is 6.45. The number of nitrogens with zero attached hydrogens (tertiary/aromatic N) is 7. The quantitative estimate of drug-likeness (QED) is 0.656. The lowest BCUT2D eigenvalue weighted by molar-refractivity contribution is -0.134. The van der Waals surface area contributed by atoms with Gasteiger partial charge in [0.25, 0.3) is 0 Å². The fourth-order valence-electron chi connectivity index (χ4n) is 4.97. The molecule has 3 aliphatic heterocycles. The highest BCUT2D eigenvalue weighted by Crippen LogP contribution is 2.36. The molecule has 0 aliphatic carbocycles. The molecule has 2 aromatic rings. The Balaban J connectivity index is 1.23. The maximum absolute atomic E-state index is 13.1. The highest BCUT2D eigenvalue weighted by atomic mass is 16.2. The van der Waals surface area contributed by atoms with E-state index in [1.54, 1.807) is 4.90 Å². The summed E-state index contributed by atoms with van der Waals surface area (Å²) in [5.41, 5.74) is 7.84. The second-order valence-electron chi connectivity index (χ2n) is 8.28. The minimum atomic E-state index is -0.733. The van der Waals surface area contributed by atoms with Crippen molar-refractivity contribution in [3.63, 3.8) is 0 Å². The summed E-state index contributed by atoms with van der Waals surface area (Å²) in [6.07, 6.45) is 2.24. The van der Waals surface area contributed by atoms with Crippen molar-refractivity contribution in [2.45, 2.75) is 43.4 Å². The number of hydrogen-bond acceptors (Lipinski definition) is 8. The average molecular weight is 421 g/mol. The number of nitrogens with two attached hydrogens (primary N) is 1. The van der Waals surface area contributed by atoms with Gasteiger partial charge in [0.1, 0.15) is 6.04 Å². The number of benzene rings is 1. The topological polar surface area (TPSA) is 148 Å². The molecule has 11 nitrogen and oxygen atoms in total. The maximum atomic E-state index is 13.1. The van der Waals surface area contributed by atoms with Crippen LogP contribution in [-0.2, 0) is 9.59 Å². The summed E-state index contributed by atoms with van der Waals surface area (Å²) in [5, 5.41) is 23.1. The smallest absolute Gasteiger partial charge is 0.244 e. The van der Waals surface area contributed by atoms with E-state index in [4.69, 9.17) is 5.73 Å². The van der Waals surface area contributed by atoms with E-state index < -0.39 is 6.04 Å². The van der Waals surface area contributed by atoms with Gasteiger partial charge in [-0.05, 0) is 48.7 Å². The molecule has 2 amide bonds. The normalized spacial score (nSPS) is 26.5. The molecule has 3 aliphatic rings. The molecule has 11 heteroatoms. The molecule has 1 aromatic carbocycles. The molecule has 0 saturated carbocycles. The minimum absolute atomic E-state index is 0.0271. The summed E-state index contributed by atoms with van der Waals surface area (Å²) in [5.74, 6) is 0.328. The molecular weight excluding hydrogens is 398 g/mol. The van der Waals surface area contributed by atoms with E-state index in [-0.39, 0.29) is 29.9 Å². The largest absolute Gasteiger partial charge is 0.325 e. The van der Waals surface area contributed by atoms with Crippen LogP contribution < -0.4 is 10.6 Å². The van der Waals surface area contributed by atoms with Gasteiger partial charge in [0.05, 0.1) is 24.2 Å². The SMILES string of the molecule is N#CC1CCCN1C(=O)C(N)CN1C[C@@H]2CC1C(=O)N2c1ccc(-c2nn[nH]n2)cc1. The summed E-state index contributed by atoms with van der Waals surface area (Å²) >= 11 is 0. The number of aromatic nitrogens is 4. The molecule has 0 spiro atoms. The van der Waals surface area contributed by atoms with Crippen molar-refractivity contribution in [3.8, 4) is 17.5 Å². The second-order valence-corrected chi connectivity index (χ2v) is 8.28. The Morgan fingerprint density at radius 1 is 1.35 bits per heavy atom. The Labute approximate surface area is 178 Å². The molecule has 5 rings (SSSR count). The zero-order valence-electron chi connectivity index (χ0n) is 16.9. The molecule has 0 radical (unpaired) electrons. The van der Waals surface area contributed by atoms with Crippen molar-refractivity contribution in [2.24, 2.45) is 5.73 Å². The van der Waals surface area contributed by atoms with Crippen LogP contribution in [0.3, 0.4) is 0 Å². The van der Waals surface area contributed by atoms with Crippen molar-refractivity contribution >= 4 is 17.5 Å². The van der Waals surface area contributed by atoms with Crippen LogP contribution in [0.25, 0.3) is 11.4 Å². The van der Waals surface area contributed by atoms with Crippen molar-refractivity contribution in [3.05, 3.63) is 24.3 Å². The molecule has 160 valence electrons. The molecular formula is C20H23N9O2. The van der Waals surface area contributed by atoms with Crippen LogP contribution in [0.5, 0.6) is 0 Å².